The van der Waals surface area contributed by atoms with Crippen LogP contribution in [-0.2, 0) is 19.6 Å². The predicted molar refractivity (Wildman–Crippen MR) is 90.9 cm³/mol. The molecule has 0 atom stereocenters. The maximum Gasteiger partial charge on any atom is 0.124 e. The summed E-state index contributed by atoms with van der Waals surface area (Å²) in [5.41, 5.74) is 2.69. The zero-order chi connectivity index (χ0) is 17.3. The summed E-state index contributed by atoms with van der Waals surface area (Å²) in [5.74, 6) is 0.963. The molecular formula is C18H21N5O2. The summed E-state index contributed by atoms with van der Waals surface area (Å²) < 4.78 is 12.8. The van der Waals surface area contributed by atoms with E-state index >= 15 is 0 Å². The second kappa shape index (κ2) is 6.33. The van der Waals surface area contributed by atoms with Gasteiger partial charge in [0.05, 0.1) is 18.4 Å². The Bertz CT molecular complexity index is 841. The molecule has 1 aliphatic rings. The van der Waals surface area contributed by atoms with Crippen molar-refractivity contribution in [2.24, 2.45) is 0 Å². The summed E-state index contributed by atoms with van der Waals surface area (Å²) in [4.78, 5) is 2.34. The molecule has 130 valence electrons. The molecule has 0 bridgehead atoms. The third kappa shape index (κ3) is 3.71. The normalized spacial score (nSPS) is 16.9. The first kappa shape index (κ1) is 15.8. The number of para-hydroxylation sites is 1. The van der Waals surface area contributed by atoms with Crippen molar-refractivity contribution in [2.45, 2.75) is 39.1 Å². The van der Waals surface area contributed by atoms with Crippen molar-refractivity contribution in [3.05, 3.63) is 59.7 Å². The van der Waals surface area contributed by atoms with Gasteiger partial charge in [0.1, 0.15) is 23.3 Å². The lowest BCUT2D eigenvalue weighted by molar-refractivity contribution is 0.0678. The van der Waals surface area contributed by atoms with E-state index in [-0.39, 0.29) is 5.60 Å². The lowest BCUT2D eigenvalue weighted by Crippen LogP contribution is -2.40. The molecule has 7 heteroatoms. The molecule has 1 aromatic carbocycles. The van der Waals surface area contributed by atoms with Gasteiger partial charge in [-0.05, 0) is 19.9 Å². The molecule has 4 rings (SSSR count). The van der Waals surface area contributed by atoms with Crippen molar-refractivity contribution in [1.82, 2.24) is 25.1 Å². The van der Waals surface area contributed by atoms with Gasteiger partial charge in [-0.2, -0.15) is 0 Å². The van der Waals surface area contributed by atoms with Crippen LogP contribution in [0, 0.1) is 0 Å². The summed E-state index contributed by atoms with van der Waals surface area (Å²) in [6.07, 6.45) is 3.52. The highest BCUT2D eigenvalue weighted by Gasteiger charge is 2.29. The topological polar surface area (TPSA) is 69.2 Å². The van der Waals surface area contributed by atoms with Gasteiger partial charge in [0.25, 0.3) is 0 Å². The van der Waals surface area contributed by atoms with Crippen LogP contribution in [0.2, 0.25) is 0 Å². The Morgan fingerprint density at radius 2 is 2.00 bits per heavy atom. The molecule has 0 spiro atoms. The summed E-state index contributed by atoms with van der Waals surface area (Å²) >= 11 is 0. The fraction of sp³-hybridized carbons (Fsp3) is 0.389. The second-order valence-corrected chi connectivity index (χ2v) is 7.01. The molecule has 0 saturated heterocycles. The highest BCUT2D eigenvalue weighted by Crippen LogP contribution is 2.29. The third-order valence-corrected chi connectivity index (χ3v) is 4.14. The van der Waals surface area contributed by atoms with Crippen molar-refractivity contribution >= 4 is 0 Å². The zero-order valence-electron chi connectivity index (χ0n) is 14.4. The van der Waals surface area contributed by atoms with Gasteiger partial charge >= 0.3 is 0 Å². The predicted octanol–water partition coefficient (Wildman–Crippen LogP) is 2.49. The molecule has 3 heterocycles. The number of nitrogens with zero attached hydrogens (tertiary/aromatic N) is 5. The number of aromatic nitrogens is 4. The minimum Gasteiger partial charge on any atom is -0.486 e. The van der Waals surface area contributed by atoms with Gasteiger partial charge in [0, 0.05) is 31.3 Å². The van der Waals surface area contributed by atoms with Crippen molar-refractivity contribution in [3.63, 3.8) is 0 Å². The molecular weight excluding hydrogens is 318 g/mol. The summed E-state index contributed by atoms with van der Waals surface area (Å²) in [7, 11) is 0. The number of hydrogen-bond acceptors (Lipinski definition) is 6. The Kier molecular flexibility index (Phi) is 4.01. The molecule has 1 aliphatic heterocycles. The van der Waals surface area contributed by atoms with Crippen LogP contribution in [0.4, 0.5) is 0 Å². The zero-order valence-corrected chi connectivity index (χ0v) is 14.4. The van der Waals surface area contributed by atoms with E-state index < -0.39 is 0 Å². The monoisotopic (exact) mass is 339 g/mol. The quantitative estimate of drug-likeness (QED) is 0.727. The highest BCUT2D eigenvalue weighted by atomic mass is 16.5. The van der Waals surface area contributed by atoms with Gasteiger partial charge < -0.3 is 9.26 Å². The molecule has 2 aromatic heterocycles. The summed E-state index contributed by atoms with van der Waals surface area (Å²) in [6, 6.07) is 10.0. The van der Waals surface area contributed by atoms with Gasteiger partial charge in [-0.1, -0.05) is 28.6 Å². The average molecular weight is 339 g/mol. The second-order valence-electron chi connectivity index (χ2n) is 7.01. The van der Waals surface area contributed by atoms with Gasteiger partial charge in [-0.3, -0.25) is 4.90 Å². The van der Waals surface area contributed by atoms with Crippen LogP contribution in [0.5, 0.6) is 5.75 Å². The summed E-state index contributed by atoms with van der Waals surface area (Å²) in [5, 5.41) is 12.4. The first-order valence-electron chi connectivity index (χ1n) is 8.35. The number of hydrogen-bond donors (Lipinski definition) is 0. The standard InChI is InChI=1S/C18H21N5O2/c1-18(2)13-22(9-14-5-3-4-6-17(14)25-18)10-16-12-23(21-19-16)11-15-7-8-24-20-15/h3-8,12H,9-11,13H2,1-2H3. The molecule has 3 aromatic rings. The minimum absolute atomic E-state index is 0.261. The largest absolute Gasteiger partial charge is 0.486 e. The Morgan fingerprint density at radius 1 is 1.12 bits per heavy atom. The Hall–Kier alpha value is -2.67. The Labute approximate surface area is 146 Å². The van der Waals surface area contributed by atoms with Crippen LogP contribution in [-0.4, -0.2) is 37.2 Å². The maximum atomic E-state index is 6.19. The van der Waals surface area contributed by atoms with E-state index in [4.69, 9.17) is 9.26 Å². The van der Waals surface area contributed by atoms with E-state index in [0.29, 0.717) is 6.54 Å². The number of fused-ring (bicyclic) bond motifs is 1. The number of benzene rings is 1. The molecule has 0 aliphatic carbocycles. The number of rotatable bonds is 4. The molecule has 25 heavy (non-hydrogen) atoms. The molecule has 0 amide bonds. The first-order chi connectivity index (χ1) is 12.1. The summed E-state index contributed by atoms with van der Waals surface area (Å²) in [6.45, 7) is 7.15. The lowest BCUT2D eigenvalue weighted by atomic mass is 10.1. The van der Waals surface area contributed by atoms with Crippen LogP contribution in [0.25, 0.3) is 0 Å². The van der Waals surface area contributed by atoms with Gasteiger partial charge in [-0.25, -0.2) is 4.68 Å². The van der Waals surface area contributed by atoms with Crippen LogP contribution >= 0.6 is 0 Å². The van der Waals surface area contributed by atoms with Gasteiger partial charge in [-0.15, -0.1) is 5.10 Å². The fourth-order valence-electron chi connectivity index (χ4n) is 3.21. The van der Waals surface area contributed by atoms with E-state index in [9.17, 15) is 0 Å². The van der Waals surface area contributed by atoms with Crippen LogP contribution in [0.3, 0.4) is 0 Å². The van der Waals surface area contributed by atoms with Crippen molar-refractivity contribution in [3.8, 4) is 5.75 Å². The number of ether oxygens (including phenoxy) is 1. The maximum absolute atomic E-state index is 6.19. The average Bonchev–Trinajstić information content (AvgIpc) is 3.18. The highest BCUT2D eigenvalue weighted by molar-refractivity contribution is 5.34. The lowest BCUT2D eigenvalue weighted by Gasteiger charge is -2.29. The minimum atomic E-state index is -0.261. The molecule has 0 unspecified atom stereocenters. The smallest absolute Gasteiger partial charge is 0.124 e. The van der Waals surface area contributed by atoms with Gasteiger partial charge in [0.15, 0.2) is 0 Å². The van der Waals surface area contributed by atoms with Gasteiger partial charge in [0.2, 0.25) is 0 Å². The molecule has 0 radical (unpaired) electrons. The van der Waals surface area contributed by atoms with E-state index in [1.165, 1.54) is 5.56 Å². The molecule has 0 fully saturated rings. The molecule has 0 saturated carbocycles. The van der Waals surface area contributed by atoms with Crippen LogP contribution in [0.1, 0.15) is 30.8 Å². The third-order valence-electron chi connectivity index (χ3n) is 4.14. The Balaban J connectivity index is 1.49. The van der Waals surface area contributed by atoms with Crippen molar-refractivity contribution < 1.29 is 9.26 Å². The van der Waals surface area contributed by atoms with Crippen LogP contribution in [0.15, 0.2) is 47.3 Å². The van der Waals surface area contributed by atoms with E-state index in [1.807, 2.05) is 30.5 Å². The SMILES string of the molecule is CC1(C)CN(Cc2cn(Cc3ccon3)nn2)Cc2ccccc2O1. The molecule has 7 nitrogen and oxygen atoms in total. The fourth-order valence-corrected chi connectivity index (χ4v) is 3.21. The molecule has 0 N–H and O–H groups in total. The Morgan fingerprint density at radius 3 is 2.84 bits per heavy atom. The van der Waals surface area contributed by atoms with E-state index in [2.05, 4.69) is 40.3 Å². The van der Waals surface area contributed by atoms with Crippen molar-refractivity contribution in [2.75, 3.05) is 6.54 Å². The first-order valence-corrected chi connectivity index (χ1v) is 8.35. The van der Waals surface area contributed by atoms with E-state index in [1.54, 1.807) is 10.9 Å². The van der Waals surface area contributed by atoms with E-state index in [0.717, 1.165) is 36.8 Å². The van der Waals surface area contributed by atoms with Crippen molar-refractivity contribution in [1.29, 1.82) is 0 Å². The van der Waals surface area contributed by atoms with Crippen LogP contribution < -0.4 is 4.74 Å².